The predicted molar refractivity (Wildman–Crippen MR) is 45.6 cm³/mol. The first kappa shape index (κ1) is 10.1. The van der Waals surface area contributed by atoms with Gasteiger partial charge in [0, 0.05) is 6.42 Å². The molecule has 13 heavy (non-hydrogen) atoms. The molecule has 0 aromatic rings. The van der Waals surface area contributed by atoms with Gasteiger partial charge in [-0.15, -0.1) is 0 Å². The van der Waals surface area contributed by atoms with Gasteiger partial charge in [0.05, 0.1) is 13.2 Å². The van der Waals surface area contributed by atoms with E-state index in [-0.39, 0.29) is 11.7 Å². The van der Waals surface area contributed by atoms with Crippen LogP contribution in [-0.2, 0) is 14.3 Å². The maximum Gasteiger partial charge on any atom is 0.337 e. The van der Waals surface area contributed by atoms with Gasteiger partial charge < -0.3 is 14.6 Å². The van der Waals surface area contributed by atoms with Crippen LogP contribution >= 0.6 is 0 Å². The molecule has 1 heterocycles. The molecule has 0 bridgehead atoms. The van der Waals surface area contributed by atoms with E-state index in [2.05, 4.69) is 0 Å². The summed E-state index contributed by atoms with van der Waals surface area (Å²) >= 11 is 0. The third kappa shape index (κ3) is 2.01. The minimum absolute atomic E-state index is 0.186. The summed E-state index contributed by atoms with van der Waals surface area (Å²) < 4.78 is 9.63. The fourth-order valence-corrected chi connectivity index (χ4v) is 1.38. The van der Waals surface area contributed by atoms with Crippen molar-refractivity contribution >= 4 is 5.97 Å². The van der Waals surface area contributed by atoms with Crippen LogP contribution in [0.25, 0.3) is 0 Å². The Bertz CT molecular complexity index is 244. The van der Waals surface area contributed by atoms with Crippen molar-refractivity contribution in [1.29, 1.82) is 0 Å². The van der Waals surface area contributed by atoms with E-state index >= 15 is 0 Å². The normalized spacial score (nSPS) is 27.5. The van der Waals surface area contributed by atoms with E-state index in [0.717, 1.165) is 0 Å². The summed E-state index contributed by atoms with van der Waals surface area (Å²) in [5.74, 6) is -1.71. The molecule has 74 valence electrons. The van der Waals surface area contributed by atoms with Crippen molar-refractivity contribution in [2.45, 2.75) is 26.1 Å². The first-order chi connectivity index (χ1) is 5.98. The number of carbonyl (C=O) groups is 1. The fourth-order valence-electron chi connectivity index (χ4n) is 1.38. The van der Waals surface area contributed by atoms with Gasteiger partial charge in [-0.1, -0.05) is 13.8 Å². The molecule has 0 amide bonds. The van der Waals surface area contributed by atoms with Crippen LogP contribution in [-0.4, -0.2) is 24.0 Å². The van der Waals surface area contributed by atoms with Gasteiger partial charge in [0.2, 0.25) is 0 Å². The first-order valence-electron chi connectivity index (χ1n) is 4.19. The van der Waals surface area contributed by atoms with Crippen LogP contribution in [0, 0.1) is 5.92 Å². The lowest BCUT2D eigenvalue weighted by atomic mass is 10.0. The van der Waals surface area contributed by atoms with Crippen LogP contribution < -0.4 is 0 Å². The summed E-state index contributed by atoms with van der Waals surface area (Å²) in [7, 11) is 1.40. The van der Waals surface area contributed by atoms with Gasteiger partial charge in [0.15, 0.2) is 5.76 Å². The van der Waals surface area contributed by atoms with Crippen LogP contribution in [0.15, 0.2) is 11.8 Å². The summed E-state index contributed by atoms with van der Waals surface area (Å²) in [4.78, 5) is 10.9. The van der Waals surface area contributed by atoms with Gasteiger partial charge in [-0.05, 0) is 5.92 Å². The van der Waals surface area contributed by atoms with Crippen molar-refractivity contribution in [3.05, 3.63) is 11.8 Å². The molecule has 0 saturated heterocycles. The highest BCUT2D eigenvalue weighted by atomic mass is 16.7. The summed E-state index contributed by atoms with van der Waals surface area (Å²) in [5, 5.41) is 9.86. The van der Waals surface area contributed by atoms with E-state index in [4.69, 9.17) is 9.47 Å². The van der Waals surface area contributed by atoms with Crippen molar-refractivity contribution in [3.63, 3.8) is 0 Å². The van der Waals surface area contributed by atoms with Gasteiger partial charge in [-0.2, -0.15) is 0 Å². The lowest BCUT2D eigenvalue weighted by Gasteiger charge is -2.25. The minimum atomic E-state index is -1.56. The number of hydrogen-bond donors (Lipinski definition) is 1. The summed E-state index contributed by atoms with van der Waals surface area (Å²) in [6, 6.07) is 0. The molecule has 0 spiro atoms. The number of aliphatic hydroxyl groups is 1. The Balaban J connectivity index is 2.79. The van der Waals surface area contributed by atoms with E-state index in [1.807, 2.05) is 13.8 Å². The monoisotopic (exact) mass is 186 g/mol. The zero-order valence-electron chi connectivity index (χ0n) is 8.03. The molecule has 0 radical (unpaired) electrons. The molecule has 4 heteroatoms. The Kier molecular flexibility index (Phi) is 2.61. The second kappa shape index (κ2) is 3.38. The van der Waals surface area contributed by atoms with Gasteiger partial charge in [0.25, 0.3) is 5.79 Å². The molecule has 0 saturated carbocycles. The number of esters is 1. The standard InChI is InChI=1S/C9H14O4/c1-6(2)5-9(11)7(12-3)4-8(10)13-9/h4,6,11H,5H2,1-3H3. The van der Waals surface area contributed by atoms with Crippen LogP contribution in [0.2, 0.25) is 0 Å². The van der Waals surface area contributed by atoms with Crippen LogP contribution in [0.3, 0.4) is 0 Å². The maximum absolute atomic E-state index is 10.9. The average molecular weight is 186 g/mol. The van der Waals surface area contributed by atoms with E-state index in [9.17, 15) is 9.90 Å². The highest BCUT2D eigenvalue weighted by molar-refractivity contribution is 5.85. The second-order valence-electron chi connectivity index (χ2n) is 3.52. The number of hydrogen-bond acceptors (Lipinski definition) is 4. The molecule has 4 nitrogen and oxygen atoms in total. The molecule has 1 unspecified atom stereocenters. The Morgan fingerprint density at radius 3 is 2.77 bits per heavy atom. The molecular formula is C9H14O4. The Morgan fingerprint density at radius 1 is 1.69 bits per heavy atom. The Labute approximate surface area is 77.1 Å². The smallest absolute Gasteiger partial charge is 0.337 e. The lowest BCUT2D eigenvalue weighted by Crippen LogP contribution is -2.34. The molecule has 0 aliphatic carbocycles. The number of carbonyl (C=O) groups excluding carboxylic acids is 1. The molecule has 0 fully saturated rings. The first-order valence-corrected chi connectivity index (χ1v) is 4.19. The summed E-state index contributed by atoms with van der Waals surface area (Å²) in [6.45, 7) is 3.86. The van der Waals surface area contributed by atoms with Crippen molar-refractivity contribution in [3.8, 4) is 0 Å². The highest BCUT2D eigenvalue weighted by Crippen LogP contribution is 2.31. The van der Waals surface area contributed by atoms with Crippen LogP contribution in [0.4, 0.5) is 0 Å². The Hall–Kier alpha value is -1.03. The summed E-state index contributed by atoms with van der Waals surface area (Å²) in [6.07, 6.45) is 1.51. The Morgan fingerprint density at radius 2 is 2.31 bits per heavy atom. The molecular weight excluding hydrogens is 172 g/mol. The van der Waals surface area contributed by atoms with Crippen LogP contribution in [0.1, 0.15) is 20.3 Å². The second-order valence-corrected chi connectivity index (χ2v) is 3.52. The number of methoxy groups -OCH3 is 1. The van der Waals surface area contributed by atoms with Gasteiger partial charge in [-0.25, -0.2) is 4.79 Å². The molecule has 0 aromatic heterocycles. The van der Waals surface area contributed by atoms with E-state index in [1.54, 1.807) is 0 Å². The number of rotatable bonds is 3. The third-order valence-corrected chi connectivity index (χ3v) is 1.81. The van der Waals surface area contributed by atoms with Crippen LogP contribution in [0.5, 0.6) is 0 Å². The lowest BCUT2D eigenvalue weighted by molar-refractivity contribution is -0.195. The largest absolute Gasteiger partial charge is 0.494 e. The number of cyclic esters (lactones) is 1. The molecule has 1 N–H and O–H groups in total. The van der Waals surface area contributed by atoms with Crippen molar-refractivity contribution in [2.24, 2.45) is 5.92 Å². The summed E-state index contributed by atoms with van der Waals surface area (Å²) in [5.41, 5.74) is 0. The van der Waals surface area contributed by atoms with Crippen molar-refractivity contribution < 1.29 is 19.4 Å². The molecule has 1 atom stereocenters. The SMILES string of the molecule is COC1=CC(=O)OC1(O)CC(C)C. The van der Waals surface area contributed by atoms with Crippen molar-refractivity contribution in [2.75, 3.05) is 7.11 Å². The zero-order chi connectivity index (χ0) is 10.1. The molecule has 1 rings (SSSR count). The van der Waals surface area contributed by atoms with E-state index < -0.39 is 11.8 Å². The van der Waals surface area contributed by atoms with Gasteiger partial charge in [0.1, 0.15) is 0 Å². The maximum atomic E-state index is 10.9. The van der Waals surface area contributed by atoms with E-state index in [0.29, 0.717) is 6.42 Å². The quantitative estimate of drug-likeness (QED) is 0.662. The average Bonchev–Trinajstić information content (AvgIpc) is 2.23. The van der Waals surface area contributed by atoms with E-state index in [1.165, 1.54) is 13.2 Å². The topological polar surface area (TPSA) is 55.8 Å². The fraction of sp³-hybridized carbons (Fsp3) is 0.667. The zero-order valence-corrected chi connectivity index (χ0v) is 8.03. The van der Waals surface area contributed by atoms with Gasteiger partial charge >= 0.3 is 5.97 Å². The minimum Gasteiger partial charge on any atom is -0.494 e. The molecule has 1 aliphatic rings. The van der Waals surface area contributed by atoms with Crippen molar-refractivity contribution in [1.82, 2.24) is 0 Å². The highest BCUT2D eigenvalue weighted by Gasteiger charge is 2.43. The molecule has 1 aliphatic heterocycles. The predicted octanol–water partition coefficient (Wildman–Crippen LogP) is 0.808. The van der Waals surface area contributed by atoms with Gasteiger partial charge in [-0.3, -0.25) is 0 Å². The number of ether oxygens (including phenoxy) is 2. The third-order valence-electron chi connectivity index (χ3n) is 1.81. The molecule has 0 aromatic carbocycles.